The van der Waals surface area contributed by atoms with E-state index in [0.29, 0.717) is 28.8 Å². The molecule has 0 fully saturated rings. The minimum absolute atomic E-state index is 0.243. The van der Waals surface area contributed by atoms with Crippen LogP contribution in [0.5, 0.6) is 11.5 Å². The molecule has 28 heavy (non-hydrogen) atoms. The Bertz CT molecular complexity index is 1050. The molecule has 0 saturated carbocycles. The van der Waals surface area contributed by atoms with Gasteiger partial charge in [-0.1, -0.05) is 23.7 Å². The standard InChI is InChI=1S/C20H19ClN4O3/c1-13-8-19(26)24-20(23-13)25-22-11-14-6-7-17(18(10-14)27-2)28-12-15-4-3-5-16(21)9-15/h3-11H,12H2,1-2H3,(H2,23,24,25,26)/b22-11+. The Hall–Kier alpha value is -3.32. The van der Waals surface area contributed by atoms with Gasteiger partial charge in [0, 0.05) is 16.8 Å². The van der Waals surface area contributed by atoms with Crippen LogP contribution in [-0.2, 0) is 6.61 Å². The van der Waals surface area contributed by atoms with Crippen molar-refractivity contribution in [3.8, 4) is 11.5 Å². The highest BCUT2D eigenvalue weighted by molar-refractivity contribution is 6.30. The highest BCUT2D eigenvalue weighted by atomic mass is 35.5. The van der Waals surface area contributed by atoms with Crippen LogP contribution >= 0.6 is 11.6 Å². The fraction of sp³-hybridized carbons (Fsp3) is 0.150. The van der Waals surface area contributed by atoms with Crippen LogP contribution in [0.3, 0.4) is 0 Å². The van der Waals surface area contributed by atoms with Gasteiger partial charge in [0.2, 0.25) is 5.95 Å². The fourth-order valence-corrected chi connectivity index (χ4v) is 2.68. The first-order chi connectivity index (χ1) is 13.5. The second kappa shape index (κ2) is 9.05. The lowest BCUT2D eigenvalue weighted by Gasteiger charge is -2.11. The first kappa shape index (κ1) is 19.4. The first-order valence-electron chi connectivity index (χ1n) is 8.46. The SMILES string of the molecule is COc1cc(/C=N/Nc2nc(C)cc(=O)[nH]2)ccc1OCc1cccc(Cl)c1. The number of methoxy groups -OCH3 is 1. The summed E-state index contributed by atoms with van der Waals surface area (Å²) in [5.74, 6) is 1.46. The maximum absolute atomic E-state index is 11.4. The third kappa shape index (κ3) is 5.34. The van der Waals surface area contributed by atoms with Gasteiger partial charge in [-0.25, -0.2) is 10.4 Å². The van der Waals surface area contributed by atoms with Crippen LogP contribution < -0.4 is 20.5 Å². The number of hydrogen-bond donors (Lipinski definition) is 2. The molecule has 144 valence electrons. The molecule has 3 rings (SSSR count). The smallest absolute Gasteiger partial charge is 0.252 e. The molecular weight excluding hydrogens is 380 g/mol. The van der Waals surface area contributed by atoms with Crippen molar-refractivity contribution in [2.45, 2.75) is 13.5 Å². The molecule has 3 aromatic rings. The number of aromatic nitrogens is 2. The number of hydrogen-bond acceptors (Lipinski definition) is 6. The van der Waals surface area contributed by atoms with Crippen molar-refractivity contribution < 1.29 is 9.47 Å². The van der Waals surface area contributed by atoms with Gasteiger partial charge in [-0.2, -0.15) is 5.10 Å². The lowest BCUT2D eigenvalue weighted by Crippen LogP contribution is -2.10. The molecule has 8 heteroatoms. The maximum Gasteiger partial charge on any atom is 0.252 e. The molecule has 0 atom stereocenters. The molecule has 1 heterocycles. The zero-order valence-corrected chi connectivity index (χ0v) is 16.2. The molecule has 0 radical (unpaired) electrons. The quantitative estimate of drug-likeness (QED) is 0.467. The van der Waals surface area contributed by atoms with E-state index in [1.54, 1.807) is 32.4 Å². The molecule has 2 aromatic carbocycles. The number of nitrogens with one attached hydrogen (secondary N) is 2. The topological polar surface area (TPSA) is 88.6 Å². The van der Waals surface area contributed by atoms with Crippen LogP contribution in [0.4, 0.5) is 5.95 Å². The largest absolute Gasteiger partial charge is 0.493 e. The van der Waals surface area contributed by atoms with Crippen LogP contribution in [-0.4, -0.2) is 23.3 Å². The predicted octanol–water partition coefficient (Wildman–Crippen LogP) is 3.77. The van der Waals surface area contributed by atoms with Crippen molar-refractivity contribution in [3.63, 3.8) is 0 Å². The second-order valence-electron chi connectivity index (χ2n) is 5.93. The fourth-order valence-electron chi connectivity index (χ4n) is 2.47. The summed E-state index contributed by atoms with van der Waals surface area (Å²) in [6.07, 6.45) is 1.59. The first-order valence-corrected chi connectivity index (χ1v) is 8.83. The van der Waals surface area contributed by atoms with Crippen molar-refractivity contribution in [1.82, 2.24) is 9.97 Å². The van der Waals surface area contributed by atoms with E-state index in [-0.39, 0.29) is 11.5 Å². The number of anilines is 1. The highest BCUT2D eigenvalue weighted by Crippen LogP contribution is 2.28. The monoisotopic (exact) mass is 398 g/mol. The number of rotatable bonds is 7. The van der Waals surface area contributed by atoms with Gasteiger partial charge in [-0.3, -0.25) is 9.78 Å². The van der Waals surface area contributed by atoms with Crippen molar-refractivity contribution >= 4 is 23.8 Å². The third-order valence-corrected chi connectivity index (χ3v) is 3.96. The van der Waals surface area contributed by atoms with Gasteiger partial charge in [0.05, 0.1) is 13.3 Å². The number of nitrogens with zero attached hydrogens (tertiary/aromatic N) is 2. The molecule has 0 bridgehead atoms. The summed E-state index contributed by atoms with van der Waals surface area (Å²) in [5, 5.41) is 4.75. The number of ether oxygens (including phenoxy) is 2. The molecule has 0 amide bonds. The molecule has 0 spiro atoms. The van der Waals surface area contributed by atoms with E-state index in [2.05, 4.69) is 20.5 Å². The van der Waals surface area contributed by atoms with Crippen LogP contribution in [0.1, 0.15) is 16.8 Å². The average Bonchev–Trinajstić information content (AvgIpc) is 2.66. The molecule has 1 aromatic heterocycles. The minimum Gasteiger partial charge on any atom is -0.493 e. The predicted molar refractivity (Wildman–Crippen MR) is 110 cm³/mol. The molecule has 2 N–H and O–H groups in total. The minimum atomic E-state index is -0.243. The summed E-state index contributed by atoms with van der Waals surface area (Å²) in [6.45, 7) is 2.11. The summed E-state index contributed by atoms with van der Waals surface area (Å²) in [5.41, 5.74) is 4.80. The second-order valence-corrected chi connectivity index (χ2v) is 6.37. The molecular formula is C20H19ClN4O3. The lowest BCUT2D eigenvalue weighted by atomic mass is 10.2. The summed E-state index contributed by atoms with van der Waals surface area (Å²) >= 11 is 5.99. The van der Waals surface area contributed by atoms with Gasteiger partial charge in [-0.05, 0) is 48.4 Å². The van der Waals surface area contributed by atoms with Crippen LogP contribution in [0.15, 0.2) is 58.4 Å². The van der Waals surface area contributed by atoms with Gasteiger partial charge < -0.3 is 9.47 Å². The van der Waals surface area contributed by atoms with E-state index in [1.165, 1.54) is 6.07 Å². The Morgan fingerprint density at radius 1 is 1.21 bits per heavy atom. The zero-order valence-electron chi connectivity index (χ0n) is 15.4. The maximum atomic E-state index is 11.4. The van der Waals surface area contributed by atoms with E-state index < -0.39 is 0 Å². The number of benzene rings is 2. The van der Waals surface area contributed by atoms with Gasteiger partial charge in [0.25, 0.3) is 5.56 Å². The Morgan fingerprint density at radius 3 is 2.82 bits per heavy atom. The van der Waals surface area contributed by atoms with E-state index >= 15 is 0 Å². The van der Waals surface area contributed by atoms with Crippen molar-refractivity contribution in [2.75, 3.05) is 12.5 Å². The van der Waals surface area contributed by atoms with Crippen molar-refractivity contribution in [1.29, 1.82) is 0 Å². The van der Waals surface area contributed by atoms with Gasteiger partial charge in [-0.15, -0.1) is 0 Å². The van der Waals surface area contributed by atoms with E-state index in [4.69, 9.17) is 21.1 Å². The van der Waals surface area contributed by atoms with E-state index in [1.807, 2.05) is 30.3 Å². The van der Waals surface area contributed by atoms with Crippen molar-refractivity contribution in [2.24, 2.45) is 5.10 Å². The third-order valence-electron chi connectivity index (χ3n) is 3.72. The molecule has 0 saturated heterocycles. The Labute approximate surface area is 167 Å². The summed E-state index contributed by atoms with van der Waals surface area (Å²) < 4.78 is 11.2. The summed E-state index contributed by atoms with van der Waals surface area (Å²) in [4.78, 5) is 18.1. The summed E-state index contributed by atoms with van der Waals surface area (Å²) in [7, 11) is 1.57. The highest BCUT2D eigenvalue weighted by Gasteiger charge is 2.06. The van der Waals surface area contributed by atoms with Crippen LogP contribution in [0.2, 0.25) is 5.02 Å². The average molecular weight is 399 g/mol. The number of halogens is 1. The normalized spacial score (nSPS) is 10.8. The number of aromatic amines is 1. The Morgan fingerprint density at radius 2 is 2.07 bits per heavy atom. The molecule has 0 aliphatic heterocycles. The van der Waals surface area contributed by atoms with E-state index in [0.717, 1.165) is 11.1 Å². The molecule has 0 unspecified atom stereocenters. The lowest BCUT2D eigenvalue weighted by molar-refractivity contribution is 0.284. The molecule has 0 aliphatic carbocycles. The number of hydrazone groups is 1. The Kier molecular flexibility index (Phi) is 6.29. The van der Waals surface area contributed by atoms with Crippen LogP contribution in [0.25, 0.3) is 0 Å². The zero-order chi connectivity index (χ0) is 19.9. The summed E-state index contributed by atoms with van der Waals surface area (Å²) in [6, 6.07) is 14.3. The van der Waals surface area contributed by atoms with Gasteiger partial charge in [0.1, 0.15) is 6.61 Å². The number of aryl methyl sites for hydroxylation is 1. The van der Waals surface area contributed by atoms with Crippen LogP contribution in [0, 0.1) is 6.92 Å². The van der Waals surface area contributed by atoms with E-state index in [9.17, 15) is 4.79 Å². The van der Waals surface area contributed by atoms with Crippen molar-refractivity contribution in [3.05, 3.63) is 80.7 Å². The van der Waals surface area contributed by atoms with Gasteiger partial charge >= 0.3 is 0 Å². The van der Waals surface area contributed by atoms with Gasteiger partial charge in [0.15, 0.2) is 11.5 Å². The Balaban J connectivity index is 1.67. The molecule has 7 nitrogen and oxygen atoms in total. The number of H-pyrrole nitrogens is 1. The molecule has 0 aliphatic rings.